The Balaban J connectivity index is 1.44. The summed E-state index contributed by atoms with van der Waals surface area (Å²) in [6.45, 7) is 1.06. The van der Waals surface area contributed by atoms with E-state index >= 15 is 0 Å². The maximum absolute atomic E-state index is 13.2. The van der Waals surface area contributed by atoms with Gasteiger partial charge in [0.05, 0.1) is 40.6 Å². The van der Waals surface area contributed by atoms with Gasteiger partial charge in [0, 0.05) is 6.61 Å². The fourth-order valence-corrected chi connectivity index (χ4v) is 4.74. The number of halogens is 3. The van der Waals surface area contributed by atoms with Gasteiger partial charge in [-0.25, -0.2) is 4.98 Å². The topological polar surface area (TPSA) is 87.7 Å². The zero-order chi connectivity index (χ0) is 23.7. The Hall–Kier alpha value is -3.25. The Labute approximate surface area is 195 Å². The van der Waals surface area contributed by atoms with Crippen molar-refractivity contribution in [1.82, 2.24) is 29.8 Å². The highest BCUT2D eigenvalue weighted by atomic mass is 32.2. The lowest BCUT2D eigenvalue weighted by Crippen LogP contribution is -2.28. The Bertz CT molecular complexity index is 1360. The van der Waals surface area contributed by atoms with Gasteiger partial charge in [0.1, 0.15) is 0 Å². The first-order valence-electron chi connectivity index (χ1n) is 10.6. The van der Waals surface area contributed by atoms with Crippen LogP contribution in [0.1, 0.15) is 24.2 Å². The molecule has 0 aliphatic carbocycles. The second-order valence-electron chi connectivity index (χ2n) is 7.80. The molecule has 1 aliphatic rings. The maximum atomic E-state index is 13.2. The summed E-state index contributed by atoms with van der Waals surface area (Å²) in [5.41, 5.74) is 0.0856. The van der Waals surface area contributed by atoms with Gasteiger partial charge >= 0.3 is 6.18 Å². The number of nitrogens with zero attached hydrogens (tertiary/aromatic N) is 6. The van der Waals surface area contributed by atoms with E-state index < -0.39 is 11.7 Å². The molecule has 1 unspecified atom stereocenters. The van der Waals surface area contributed by atoms with Gasteiger partial charge < -0.3 is 4.74 Å². The first-order chi connectivity index (χ1) is 16.4. The molecule has 5 rings (SSSR count). The van der Waals surface area contributed by atoms with Gasteiger partial charge in [-0.1, -0.05) is 23.9 Å². The summed E-state index contributed by atoms with van der Waals surface area (Å²) >= 11 is 1.29. The molecule has 1 saturated heterocycles. The number of benzene rings is 2. The third kappa shape index (κ3) is 4.55. The number of thioether (sulfide) groups is 1. The van der Waals surface area contributed by atoms with Crippen LogP contribution in [0.3, 0.4) is 0 Å². The summed E-state index contributed by atoms with van der Waals surface area (Å²) in [5, 5.41) is 12.6. The molecule has 1 aliphatic heterocycles. The van der Waals surface area contributed by atoms with Gasteiger partial charge in [-0.2, -0.15) is 17.9 Å². The molecule has 4 aromatic rings. The van der Waals surface area contributed by atoms with Crippen LogP contribution in [0.5, 0.6) is 0 Å². The predicted molar refractivity (Wildman–Crippen MR) is 119 cm³/mol. The van der Waals surface area contributed by atoms with Crippen LogP contribution in [0.25, 0.3) is 16.6 Å². The number of rotatable bonds is 6. The van der Waals surface area contributed by atoms with Gasteiger partial charge in [-0.3, -0.25) is 9.36 Å². The Morgan fingerprint density at radius 3 is 2.65 bits per heavy atom. The highest BCUT2D eigenvalue weighted by molar-refractivity contribution is 7.98. The molecule has 12 heteroatoms. The lowest BCUT2D eigenvalue weighted by Gasteiger charge is -2.16. The highest BCUT2D eigenvalue weighted by Crippen LogP contribution is 2.30. The SMILES string of the molecule is O=c1c2ccccc2nc(SCc2nnnn2-c2ccc(C(F)(F)F)cc2)n1CC1CCCO1. The molecule has 8 nitrogen and oxygen atoms in total. The van der Waals surface area contributed by atoms with E-state index in [9.17, 15) is 18.0 Å². The average Bonchev–Trinajstić information content (AvgIpc) is 3.51. The number of alkyl halides is 3. The van der Waals surface area contributed by atoms with Gasteiger partial charge in [0.15, 0.2) is 11.0 Å². The smallest absolute Gasteiger partial charge is 0.376 e. The molecule has 0 saturated carbocycles. The Kier molecular flexibility index (Phi) is 6.09. The molecular weight excluding hydrogens is 469 g/mol. The van der Waals surface area contributed by atoms with E-state index in [4.69, 9.17) is 4.74 Å². The molecule has 3 heterocycles. The van der Waals surface area contributed by atoms with Gasteiger partial charge in [-0.05, 0) is 59.7 Å². The Morgan fingerprint density at radius 2 is 1.91 bits per heavy atom. The summed E-state index contributed by atoms with van der Waals surface area (Å²) < 4.78 is 47.4. The molecule has 0 spiro atoms. The molecule has 0 bridgehead atoms. The van der Waals surface area contributed by atoms with E-state index in [1.54, 1.807) is 22.8 Å². The molecule has 0 amide bonds. The average molecular weight is 488 g/mol. The van der Waals surface area contributed by atoms with Crippen LogP contribution in [0.2, 0.25) is 0 Å². The van der Waals surface area contributed by atoms with Crippen molar-refractivity contribution in [2.75, 3.05) is 6.61 Å². The lowest BCUT2D eigenvalue weighted by atomic mass is 10.2. The van der Waals surface area contributed by atoms with E-state index in [1.807, 2.05) is 6.07 Å². The van der Waals surface area contributed by atoms with Crippen molar-refractivity contribution in [3.05, 3.63) is 70.3 Å². The lowest BCUT2D eigenvalue weighted by molar-refractivity contribution is -0.137. The highest BCUT2D eigenvalue weighted by Gasteiger charge is 2.30. The summed E-state index contributed by atoms with van der Waals surface area (Å²) in [6, 6.07) is 11.7. The fraction of sp³-hybridized carbons (Fsp3) is 0.318. The minimum Gasteiger partial charge on any atom is -0.376 e. The van der Waals surface area contributed by atoms with Crippen molar-refractivity contribution in [2.24, 2.45) is 0 Å². The monoisotopic (exact) mass is 488 g/mol. The number of ether oxygens (including phenoxy) is 1. The minimum absolute atomic E-state index is 0.0579. The van der Waals surface area contributed by atoms with E-state index in [1.165, 1.54) is 28.6 Å². The molecule has 1 fully saturated rings. The third-order valence-electron chi connectivity index (χ3n) is 5.54. The van der Waals surface area contributed by atoms with Crippen LogP contribution >= 0.6 is 11.8 Å². The van der Waals surface area contributed by atoms with Crippen LogP contribution in [0.15, 0.2) is 58.5 Å². The van der Waals surface area contributed by atoms with Crippen LogP contribution in [-0.4, -0.2) is 42.5 Å². The number of hydrogen-bond acceptors (Lipinski definition) is 7. The first-order valence-corrected chi connectivity index (χ1v) is 11.6. The van der Waals surface area contributed by atoms with Crippen molar-refractivity contribution in [3.8, 4) is 5.69 Å². The zero-order valence-electron chi connectivity index (χ0n) is 17.8. The zero-order valence-corrected chi connectivity index (χ0v) is 18.6. The van der Waals surface area contributed by atoms with Crippen LogP contribution < -0.4 is 5.56 Å². The van der Waals surface area contributed by atoms with Crippen LogP contribution in [0.4, 0.5) is 13.2 Å². The largest absolute Gasteiger partial charge is 0.416 e. The quantitative estimate of drug-likeness (QED) is 0.301. The molecule has 34 heavy (non-hydrogen) atoms. The number of para-hydroxylation sites is 1. The molecule has 1 atom stereocenters. The number of aromatic nitrogens is 6. The standard InChI is InChI=1S/C22H19F3N6O2S/c23-22(24,25)14-7-9-15(10-8-14)31-19(27-28-29-31)13-34-21-26-18-6-2-1-5-17(18)20(32)30(21)12-16-4-3-11-33-16/h1-2,5-10,16H,3-4,11-13H2. The van der Waals surface area contributed by atoms with Gasteiger partial charge in [0.25, 0.3) is 5.56 Å². The first kappa shape index (κ1) is 22.5. The van der Waals surface area contributed by atoms with E-state index in [-0.39, 0.29) is 17.4 Å². The number of hydrogen-bond donors (Lipinski definition) is 0. The van der Waals surface area contributed by atoms with Crippen molar-refractivity contribution >= 4 is 22.7 Å². The number of tetrazole rings is 1. The van der Waals surface area contributed by atoms with E-state index in [0.29, 0.717) is 40.7 Å². The molecule has 176 valence electrons. The van der Waals surface area contributed by atoms with Crippen molar-refractivity contribution in [3.63, 3.8) is 0 Å². The molecule has 0 radical (unpaired) electrons. The van der Waals surface area contributed by atoms with Crippen molar-refractivity contribution in [2.45, 2.75) is 42.6 Å². The predicted octanol–water partition coefficient (Wildman–Crippen LogP) is 3.86. The minimum atomic E-state index is -4.42. The second-order valence-corrected chi connectivity index (χ2v) is 8.75. The summed E-state index contributed by atoms with van der Waals surface area (Å²) in [7, 11) is 0. The molecule has 2 aromatic heterocycles. The molecule has 2 aromatic carbocycles. The van der Waals surface area contributed by atoms with Crippen LogP contribution in [0, 0.1) is 0 Å². The van der Waals surface area contributed by atoms with Crippen molar-refractivity contribution < 1.29 is 17.9 Å². The number of fused-ring (bicyclic) bond motifs is 1. The molecular formula is C22H19F3N6O2S. The third-order valence-corrected chi connectivity index (χ3v) is 6.51. The second kappa shape index (κ2) is 9.18. The van der Waals surface area contributed by atoms with Gasteiger partial charge in [0.2, 0.25) is 0 Å². The molecule has 0 N–H and O–H groups in total. The Morgan fingerprint density at radius 1 is 1.12 bits per heavy atom. The summed E-state index contributed by atoms with van der Waals surface area (Å²) in [6.07, 6.45) is -2.66. The normalized spacial score (nSPS) is 16.4. The van der Waals surface area contributed by atoms with Crippen molar-refractivity contribution in [1.29, 1.82) is 0 Å². The van der Waals surface area contributed by atoms with Gasteiger partial charge in [-0.15, -0.1) is 5.10 Å². The van der Waals surface area contributed by atoms with E-state index in [0.717, 1.165) is 25.0 Å². The maximum Gasteiger partial charge on any atom is 0.416 e. The summed E-state index contributed by atoms with van der Waals surface area (Å²) in [4.78, 5) is 17.9. The van der Waals surface area contributed by atoms with Crippen LogP contribution in [-0.2, 0) is 23.2 Å². The van der Waals surface area contributed by atoms with E-state index in [2.05, 4.69) is 20.5 Å². The summed E-state index contributed by atoms with van der Waals surface area (Å²) in [5.74, 6) is 0.667. The fourth-order valence-electron chi connectivity index (χ4n) is 3.83.